The molecule has 3 rings (SSSR count). The summed E-state index contributed by atoms with van der Waals surface area (Å²) in [6.45, 7) is 5.30. The monoisotopic (exact) mass is 334 g/mol. The zero-order valence-electron chi connectivity index (χ0n) is 11.5. The van der Waals surface area contributed by atoms with Crippen LogP contribution in [0.3, 0.4) is 0 Å². The Morgan fingerprint density at radius 3 is 2.40 bits per heavy atom. The summed E-state index contributed by atoms with van der Waals surface area (Å²) in [7, 11) is 0. The lowest BCUT2D eigenvalue weighted by molar-refractivity contribution is 0.134. The minimum atomic E-state index is -0.175. The van der Waals surface area contributed by atoms with Gasteiger partial charge in [0.2, 0.25) is 0 Å². The molecule has 20 heavy (non-hydrogen) atoms. The lowest BCUT2D eigenvalue weighted by Gasteiger charge is -2.17. The first kappa shape index (κ1) is 13.8. The van der Waals surface area contributed by atoms with Crippen molar-refractivity contribution in [3.8, 4) is 0 Å². The third kappa shape index (κ3) is 2.40. The Hall–Kier alpha value is -1.19. The van der Waals surface area contributed by atoms with E-state index in [1.165, 1.54) is 16.7 Å². The first-order chi connectivity index (χ1) is 9.56. The molecule has 0 amide bonds. The quantitative estimate of drug-likeness (QED) is 0.705. The molecule has 2 aromatic carbocycles. The number of fused-ring (bicyclic) bond motifs is 1. The SMILES string of the molecule is Cc1cc(F)cc(C)c1C(Br)c1ccc2c(c1)COC2. The van der Waals surface area contributed by atoms with Gasteiger partial charge in [-0.15, -0.1) is 0 Å². The number of halogens is 2. The average Bonchev–Trinajstić information content (AvgIpc) is 2.84. The minimum Gasteiger partial charge on any atom is -0.372 e. The van der Waals surface area contributed by atoms with Crippen molar-refractivity contribution in [2.24, 2.45) is 0 Å². The Morgan fingerprint density at radius 2 is 1.70 bits per heavy atom. The number of benzene rings is 2. The second-order valence-electron chi connectivity index (χ2n) is 5.34. The van der Waals surface area contributed by atoms with Gasteiger partial charge in [0.25, 0.3) is 0 Å². The molecular formula is C17H16BrFO. The predicted molar refractivity (Wildman–Crippen MR) is 81.6 cm³/mol. The molecule has 1 nitrogen and oxygen atoms in total. The van der Waals surface area contributed by atoms with Gasteiger partial charge in [0.1, 0.15) is 5.82 Å². The summed E-state index contributed by atoms with van der Waals surface area (Å²) in [5, 5.41) is 0. The molecule has 0 fully saturated rings. The largest absolute Gasteiger partial charge is 0.372 e. The average molecular weight is 335 g/mol. The molecule has 2 aromatic rings. The zero-order valence-corrected chi connectivity index (χ0v) is 13.1. The summed E-state index contributed by atoms with van der Waals surface area (Å²) in [4.78, 5) is 0.0778. The lowest BCUT2D eigenvalue weighted by Crippen LogP contribution is -2.01. The number of alkyl halides is 1. The molecule has 0 aliphatic carbocycles. The van der Waals surface area contributed by atoms with E-state index < -0.39 is 0 Å². The van der Waals surface area contributed by atoms with Crippen LogP contribution in [-0.4, -0.2) is 0 Å². The number of hydrogen-bond donors (Lipinski definition) is 0. The topological polar surface area (TPSA) is 9.23 Å². The van der Waals surface area contributed by atoms with Crippen LogP contribution in [0.5, 0.6) is 0 Å². The van der Waals surface area contributed by atoms with Gasteiger partial charge in [0.05, 0.1) is 18.0 Å². The first-order valence-corrected chi connectivity index (χ1v) is 7.58. The molecule has 104 valence electrons. The Labute approximate surface area is 126 Å². The van der Waals surface area contributed by atoms with E-state index >= 15 is 0 Å². The van der Waals surface area contributed by atoms with E-state index in [-0.39, 0.29) is 10.6 Å². The van der Waals surface area contributed by atoms with Crippen molar-refractivity contribution >= 4 is 15.9 Å². The molecule has 1 aliphatic heterocycles. The maximum absolute atomic E-state index is 13.4. The van der Waals surface area contributed by atoms with E-state index in [1.807, 2.05) is 13.8 Å². The fourth-order valence-electron chi connectivity index (χ4n) is 2.84. The van der Waals surface area contributed by atoms with Gasteiger partial charge >= 0.3 is 0 Å². The summed E-state index contributed by atoms with van der Waals surface area (Å²) in [5.74, 6) is -0.175. The maximum Gasteiger partial charge on any atom is 0.123 e. The van der Waals surface area contributed by atoms with Gasteiger partial charge in [-0.05, 0) is 59.4 Å². The van der Waals surface area contributed by atoms with E-state index in [2.05, 4.69) is 34.1 Å². The van der Waals surface area contributed by atoms with E-state index in [0.29, 0.717) is 13.2 Å². The summed E-state index contributed by atoms with van der Waals surface area (Å²) < 4.78 is 18.9. The summed E-state index contributed by atoms with van der Waals surface area (Å²) in [6, 6.07) is 9.61. The number of ether oxygens (including phenoxy) is 1. The molecule has 0 saturated carbocycles. The third-order valence-electron chi connectivity index (χ3n) is 3.85. The van der Waals surface area contributed by atoms with Crippen molar-refractivity contribution in [1.29, 1.82) is 0 Å². The van der Waals surface area contributed by atoms with Crippen LogP contribution in [0.2, 0.25) is 0 Å². The van der Waals surface area contributed by atoms with E-state index in [0.717, 1.165) is 16.7 Å². The highest BCUT2D eigenvalue weighted by atomic mass is 79.9. The number of aryl methyl sites for hydroxylation is 2. The highest BCUT2D eigenvalue weighted by molar-refractivity contribution is 9.09. The molecule has 0 saturated heterocycles. The van der Waals surface area contributed by atoms with Crippen LogP contribution in [0.15, 0.2) is 30.3 Å². The van der Waals surface area contributed by atoms with Gasteiger partial charge in [0.15, 0.2) is 0 Å². The number of rotatable bonds is 2. The molecule has 3 heteroatoms. The van der Waals surface area contributed by atoms with Crippen LogP contribution in [0.1, 0.15) is 38.2 Å². The molecule has 0 radical (unpaired) electrons. The maximum atomic E-state index is 13.4. The van der Waals surface area contributed by atoms with Crippen molar-refractivity contribution < 1.29 is 9.13 Å². The van der Waals surface area contributed by atoms with Crippen molar-refractivity contribution in [3.63, 3.8) is 0 Å². The van der Waals surface area contributed by atoms with E-state index in [4.69, 9.17) is 4.74 Å². The fraction of sp³-hybridized carbons (Fsp3) is 0.294. The molecule has 1 aliphatic rings. The van der Waals surface area contributed by atoms with Crippen molar-refractivity contribution in [2.75, 3.05) is 0 Å². The Balaban J connectivity index is 2.03. The highest BCUT2D eigenvalue weighted by Gasteiger charge is 2.19. The molecule has 1 heterocycles. The van der Waals surface area contributed by atoms with Crippen molar-refractivity contribution in [1.82, 2.24) is 0 Å². The third-order valence-corrected chi connectivity index (χ3v) is 4.84. The van der Waals surface area contributed by atoms with E-state index in [9.17, 15) is 4.39 Å². The van der Waals surface area contributed by atoms with Crippen LogP contribution >= 0.6 is 15.9 Å². The van der Waals surface area contributed by atoms with Gasteiger partial charge in [-0.25, -0.2) is 4.39 Å². The number of hydrogen-bond acceptors (Lipinski definition) is 1. The molecule has 0 bridgehead atoms. The zero-order chi connectivity index (χ0) is 14.3. The van der Waals surface area contributed by atoms with Crippen molar-refractivity contribution in [3.05, 3.63) is 69.5 Å². The van der Waals surface area contributed by atoms with Gasteiger partial charge in [-0.3, -0.25) is 0 Å². The molecule has 1 unspecified atom stereocenters. The smallest absolute Gasteiger partial charge is 0.123 e. The summed E-state index contributed by atoms with van der Waals surface area (Å²) in [6.07, 6.45) is 0. The summed E-state index contributed by atoms with van der Waals surface area (Å²) in [5.41, 5.74) is 6.80. The Morgan fingerprint density at radius 1 is 1.05 bits per heavy atom. The minimum absolute atomic E-state index is 0.0778. The Kier molecular flexibility index (Phi) is 3.65. The van der Waals surface area contributed by atoms with Crippen LogP contribution in [-0.2, 0) is 18.0 Å². The van der Waals surface area contributed by atoms with Gasteiger partial charge < -0.3 is 4.74 Å². The van der Waals surface area contributed by atoms with Gasteiger partial charge in [-0.1, -0.05) is 34.1 Å². The lowest BCUT2D eigenvalue weighted by atomic mass is 9.94. The Bertz CT molecular complexity index is 643. The fourth-order valence-corrected chi connectivity index (χ4v) is 3.84. The van der Waals surface area contributed by atoms with Crippen LogP contribution < -0.4 is 0 Å². The highest BCUT2D eigenvalue weighted by Crippen LogP contribution is 2.37. The second kappa shape index (κ2) is 5.30. The normalized spacial score (nSPS) is 15.2. The first-order valence-electron chi connectivity index (χ1n) is 6.66. The molecule has 0 aromatic heterocycles. The molecular weight excluding hydrogens is 319 g/mol. The molecule has 0 N–H and O–H groups in total. The van der Waals surface area contributed by atoms with Crippen LogP contribution in [0, 0.1) is 19.7 Å². The van der Waals surface area contributed by atoms with Crippen LogP contribution in [0.4, 0.5) is 4.39 Å². The second-order valence-corrected chi connectivity index (χ2v) is 6.25. The molecule has 1 atom stereocenters. The summed E-state index contributed by atoms with van der Waals surface area (Å²) >= 11 is 3.77. The van der Waals surface area contributed by atoms with Gasteiger partial charge in [-0.2, -0.15) is 0 Å². The van der Waals surface area contributed by atoms with Crippen molar-refractivity contribution in [2.45, 2.75) is 31.9 Å². The van der Waals surface area contributed by atoms with Gasteiger partial charge in [0, 0.05) is 0 Å². The van der Waals surface area contributed by atoms with Crippen LogP contribution in [0.25, 0.3) is 0 Å². The molecule has 0 spiro atoms. The van der Waals surface area contributed by atoms with E-state index in [1.54, 1.807) is 12.1 Å². The standard InChI is InChI=1S/C17H16BrFO/c1-10-5-15(19)6-11(2)16(10)17(18)12-3-4-13-8-20-9-14(13)7-12/h3-7,17H,8-9H2,1-2H3. The predicted octanol–water partition coefficient (Wildman–Crippen LogP) is 4.96.